The van der Waals surface area contributed by atoms with Gasteiger partial charge in [-0.3, -0.25) is 10.1 Å². The van der Waals surface area contributed by atoms with Crippen LogP contribution in [0.5, 0.6) is 0 Å². The predicted octanol–water partition coefficient (Wildman–Crippen LogP) is 2.09. The van der Waals surface area contributed by atoms with Crippen molar-refractivity contribution in [1.82, 2.24) is 5.32 Å². The van der Waals surface area contributed by atoms with Gasteiger partial charge < -0.3 is 14.5 Å². The van der Waals surface area contributed by atoms with Crippen LogP contribution in [0.15, 0.2) is 16.5 Å². The SMILES string of the molecule is CC1(CNCc2ccc([N+](=O)[O-])o2)CCOCC1. The van der Waals surface area contributed by atoms with E-state index >= 15 is 0 Å². The molecule has 1 aromatic heterocycles. The van der Waals surface area contributed by atoms with Crippen molar-refractivity contribution in [2.75, 3.05) is 19.8 Å². The van der Waals surface area contributed by atoms with Crippen molar-refractivity contribution < 1.29 is 14.1 Å². The Balaban J connectivity index is 1.78. The molecule has 1 aliphatic heterocycles. The summed E-state index contributed by atoms with van der Waals surface area (Å²) in [4.78, 5) is 9.94. The molecular formula is C12H18N2O4. The van der Waals surface area contributed by atoms with Gasteiger partial charge in [-0.2, -0.15) is 0 Å². The van der Waals surface area contributed by atoms with Crippen molar-refractivity contribution in [3.05, 3.63) is 28.0 Å². The van der Waals surface area contributed by atoms with Crippen LogP contribution in [0.1, 0.15) is 25.5 Å². The Hall–Kier alpha value is -1.40. The first kappa shape index (κ1) is 13.0. The van der Waals surface area contributed by atoms with Gasteiger partial charge in [0.2, 0.25) is 0 Å². The summed E-state index contributed by atoms with van der Waals surface area (Å²) >= 11 is 0. The minimum Gasteiger partial charge on any atom is -0.404 e. The van der Waals surface area contributed by atoms with Crippen LogP contribution in [-0.4, -0.2) is 24.7 Å². The molecule has 1 saturated heterocycles. The Bertz CT molecular complexity index is 410. The van der Waals surface area contributed by atoms with Gasteiger partial charge in [-0.25, -0.2) is 0 Å². The topological polar surface area (TPSA) is 77.5 Å². The summed E-state index contributed by atoms with van der Waals surface area (Å²) in [5.41, 5.74) is 0.247. The molecule has 1 fully saturated rings. The number of hydrogen-bond acceptors (Lipinski definition) is 5. The maximum absolute atomic E-state index is 10.5. The van der Waals surface area contributed by atoms with Crippen LogP contribution in [0, 0.1) is 15.5 Å². The molecule has 0 saturated carbocycles. The molecule has 0 amide bonds. The molecule has 0 radical (unpaired) electrons. The van der Waals surface area contributed by atoms with Crippen LogP contribution in [-0.2, 0) is 11.3 Å². The Morgan fingerprint density at radius 1 is 1.44 bits per heavy atom. The van der Waals surface area contributed by atoms with Crippen molar-refractivity contribution >= 4 is 5.88 Å². The highest BCUT2D eigenvalue weighted by molar-refractivity contribution is 5.17. The van der Waals surface area contributed by atoms with E-state index in [1.165, 1.54) is 6.07 Å². The zero-order chi connectivity index (χ0) is 13.0. The third-order valence-corrected chi connectivity index (χ3v) is 3.38. The average Bonchev–Trinajstić information content (AvgIpc) is 2.78. The first-order chi connectivity index (χ1) is 8.59. The number of nitro groups is 1. The number of furan rings is 1. The van der Waals surface area contributed by atoms with Gasteiger partial charge in [0.05, 0.1) is 12.6 Å². The summed E-state index contributed by atoms with van der Waals surface area (Å²) in [5, 5.41) is 13.8. The highest BCUT2D eigenvalue weighted by atomic mass is 16.6. The molecule has 0 aromatic carbocycles. The quantitative estimate of drug-likeness (QED) is 0.643. The average molecular weight is 254 g/mol. The second-order valence-electron chi connectivity index (χ2n) is 5.02. The van der Waals surface area contributed by atoms with Crippen LogP contribution in [0.2, 0.25) is 0 Å². The van der Waals surface area contributed by atoms with E-state index < -0.39 is 4.92 Å². The monoisotopic (exact) mass is 254 g/mol. The summed E-state index contributed by atoms with van der Waals surface area (Å²) in [7, 11) is 0. The van der Waals surface area contributed by atoms with Crippen LogP contribution >= 0.6 is 0 Å². The molecule has 6 heteroatoms. The zero-order valence-electron chi connectivity index (χ0n) is 10.5. The second-order valence-corrected chi connectivity index (χ2v) is 5.02. The maximum atomic E-state index is 10.5. The van der Waals surface area contributed by atoms with Gasteiger partial charge in [0.1, 0.15) is 10.7 Å². The van der Waals surface area contributed by atoms with E-state index in [1.807, 2.05) is 0 Å². The zero-order valence-corrected chi connectivity index (χ0v) is 10.5. The number of hydrogen-bond donors (Lipinski definition) is 1. The lowest BCUT2D eigenvalue weighted by Crippen LogP contribution is -2.36. The number of ether oxygens (including phenoxy) is 1. The Morgan fingerprint density at radius 2 is 2.17 bits per heavy atom. The molecule has 18 heavy (non-hydrogen) atoms. The molecule has 0 aliphatic carbocycles. The molecule has 1 N–H and O–H groups in total. The van der Waals surface area contributed by atoms with E-state index in [1.54, 1.807) is 6.07 Å². The fourth-order valence-electron chi connectivity index (χ4n) is 2.09. The molecular weight excluding hydrogens is 236 g/mol. The first-order valence-corrected chi connectivity index (χ1v) is 6.11. The van der Waals surface area contributed by atoms with Crippen LogP contribution in [0.3, 0.4) is 0 Å². The van der Waals surface area contributed by atoms with E-state index in [4.69, 9.17) is 9.15 Å². The lowest BCUT2D eigenvalue weighted by atomic mass is 9.82. The molecule has 0 atom stereocenters. The van der Waals surface area contributed by atoms with Gasteiger partial charge >= 0.3 is 5.88 Å². The first-order valence-electron chi connectivity index (χ1n) is 6.11. The second kappa shape index (κ2) is 5.49. The molecule has 2 rings (SSSR count). The third-order valence-electron chi connectivity index (χ3n) is 3.38. The Morgan fingerprint density at radius 3 is 2.78 bits per heavy atom. The number of nitrogens with one attached hydrogen (secondary N) is 1. The van der Waals surface area contributed by atoms with Crippen molar-refractivity contribution in [3.63, 3.8) is 0 Å². The minimum absolute atomic E-state index is 0.205. The fourth-order valence-corrected chi connectivity index (χ4v) is 2.09. The van der Waals surface area contributed by atoms with Gasteiger partial charge in [-0.15, -0.1) is 0 Å². The Labute approximate surface area is 105 Å². The van der Waals surface area contributed by atoms with Crippen LogP contribution in [0.25, 0.3) is 0 Å². The van der Waals surface area contributed by atoms with E-state index in [0.717, 1.165) is 32.6 Å². The van der Waals surface area contributed by atoms with E-state index in [0.29, 0.717) is 12.3 Å². The molecule has 0 spiro atoms. The van der Waals surface area contributed by atoms with Crippen molar-refractivity contribution in [3.8, 4) is 0 Å². The Kier molecular flexibility index (Phi) is 3.98. The normalized spacial score (nSPS) is 18.7. The van der Waals surface area contributed by atoms with E-state index in [2.05, 4.69) is 12.2 Å². The third kappa shape index (κ3) is 3.30. The van der Waals surface area contributed by atoms with E-state index in [9.17, 15) is 10.1 Å². The maximum Gasteiger partial charge on any atom is 0.433 e. The molecule has 100 valence electrons. The standard InChI is InChI=1S/C12H18N2O4/c1-12(4-6-17-7-5-12)9-13-8-10-2-3-11(18-10)14(15)16/h2-3,13H,4-9H2,1H3. The van der Waals surface area contributed by atoms with Gasteiger partial charge in [-0.1, -0.05) is 6.92 Å². The highest BCUT2D eigenvalue weighted by Crippen LogP contribution is 2.28. The molecule has 6 nitrogen and oxygen atoms in total. The van der Waals surface area contributed by atoms with Crippen molar-refractivity contribution in [2.45, 2.75) is 26.3 Å². The van der Waals surface area contributed by atoms with Crippen molar-refractivity contribution in [1.29, 1.82) is 0 Å². The summed E-state index contributed by atoms with van der Waals surface area (Å²) in [6.45, 7) is 5.23. The van der Waals surface area contributed by atoms with Gasteiger partial charge in [0.25, 0.3) is 0 Å². The van der Waals surface area contributed by atoms with Gasteiger partial charge in [0, 0.05) is 19.8 Å². The molecule has 1 aromatic rings. The molecule has 0 unspecified atom stereocenters. The minimum atomic E-state index is -0.525. The van der Waals surface area contributed by atoms with Crippen molar-refractivity contribution in [2.24, 2.45) is 5.41 Å². The van der Waals surface area contributed by atoms with E-state index in [-0.39, 0.29) is 11.3 Å². The van der Waals surface area contributed by atoms with Crippen LogP contribution < -0.4 is 5.32 Å². The van der Waals surface area contributed by atoms with Crippen LogP contribution in [0.4, 0.5) is 5.88 Å². The summed E-state index contributed by atoms with van der Waals surface area (Å²) in [6, 6.07) is 3.02. The molecule has 2 heterocycles. The predicted molar refractivity (Wildman–Crippen MR) is 65.2 cm³/mol. The summed E-state index contributed by atoms with van der Waals surface area (Å²) < 4.78 is 10.4. The fraction of sp³-hybridized carbons (Fsp3) is 0.667. The highest BCUT2D eigenvalue weighted by Gasteiger charge is 2.26. The molecule has 0 bridgehead atoms. The lowest BCUT2D eigenvalue weighted by molar-refractivity contribution is -0.402. The smallest absolute Gasteiger partial charge is 0.404 e. The largest absolute Gasteiger partial charge is 0.433 e. The number of rotatable bonds is 5. The summed E-state index contributed by atoms with van der Waals surface area (Å²) in [5.74, 6) is 0.390. The van der Waals surface area contributed by atoms with Gasteiger partial charge in [-0.05, 0) is 24.3 Å². The summed E-state index contributed by atoms with van der Waals surface area (Å²) in [6.07, 6.45) is 2.08. The van der Waals surface area contributed by atoms with Gasteiger partial charge in [0.15, 0.2) is 0 Å². The molecule has 1 aliphatic rings. The number of nitrogens with zero attached hydrogens (tertiary/aromatic N) is 1. The lowest BCUT2D eigenvalue weighted by Gasteiger charge is -2.33.